The molecule has 7 nitrogen and oxygen atoms in total. The van der Waals surface area contributed by atoms with Gasteiger partial charge in [0.25, 0.3) is 0 Å². The molecule has 1 aromatic carbocycles. The maximum atomic E-state index is 13.4. The van der Waals surface area contributed by atoms with Crippen molar-refractivity contribution in [3.8, 4) is 5.75 Å². The highest BCUT2D eigenvalue weighted by atomic mass is 32.2. The molecule has 156 valence electrons. The van der Waals surface area contributed by atoms with Crippen LogP contribution in [-0.4, -0.2) is 41.6 Å². The molecule has 1 aliphatic rings. The molecule has 2 N–H and O–H groups in total. The second-order valence-corrected chi connectivity index (χ2v) is 9.56. The minimum Gasteiger partial charge on any atom is -0.507 e. The van der Waals surface area contributed by atoms with Crippen molar-refractivity contribution in [2.75, 3.05) is 18.5 Å². The second kappa shape index (κ2) is 8.46. The zero-order chi connectivity index (χ0) is 21.2. The van der Waals surface area contributed by atoms with E-state index in [2.05, 4.69) is 29.4 Å². The van der Waals surface area contributed by atoms with Crippen molar-refractivity contribution in [2.45, 2.75) is 32.1 Å². The minimum absolute atomic E-state index is 0.0890. The third-order valence-electron chi connectivity index (χ3n) is 4.90. The lowest BCUT2D eigenvalue weighted by atomic mass is 9.94. The number of nitrogens with one attached hydrogen (secondary N) is 1. The predicted octanol–water partition coefficient (Wildman–Crippen LogP) is 3.43. The summed E-state index contributed by atoms with van der Waals surface area (Å²) in [6.07, 6.45) is 2.32. The number of phenolic OH excluding ortho intramolecular Hbond substituents is 1. The molecular formula is C20H25FN4O3S. The Balaban J connectivity index is 1.74. The van der Waals surface area contributed by atoms with Crippen LogP contribution < -0.4 is 5.43 Å². The summed E-state index contributed by atoms with van der Waals surface area (Å²) in [6.45, 7) is 6.74. The number of aromatic nitrogens is 1. The molecule has 1 fully saturated rings. The zero-order valence-electron chi connectivity index (χ0n) is 16.6. The van der Waals surface area contributed by atoms with Gasteiger partial charge in [0.15, 0.2) is 0 Å². The summed E-state index contributed by atoms with van der Waals surface area (Å²) < 4.78 is 40.7. The number of halogens is 1. The molecule has 0 unspecified atom stereocenters. The maximum absolute atomic E-state index is 13.4. The third kappa shape index (κ3) is 4.91. The van der Waals surface area contributed by atoms with Crippen LogP contribution >= 0.6 is 0 Å². The van der Waals surface area contributed by atoms with E-state index in [4.69, 9.17) is 0 Å². The molecular weight excluding hydrogens is 395 g/mol. The number of benzene rings is 1. The van der Waals surface area contributed by atoms with Crippen LogP contribution in [0.1, 0.15) is 32.8 Å². The molecule has 1 saturated heterocycles. The molecule has 2 heterocycles. The number of hydrogen-bond acceptors (Lipinski definition) is 6. The van der Waals surface area contributed by atoms with Gasteiger partial charge in [-0.15, -0.1) is 0 Å². The highest BCUT2D eigenvalue weighted by Gasteiger charge is 2.31. The quantitative estimate of drug-likeness (QED) is 0.571. The fourth-order valence-corrected chi connectivity index (χ4v) is 5.18. The Morgan fingerprint density at radius 3 is 2.55 bits per heavy atom. The van der Waals surface area contributed by atoms with Gasteiger partial charge in [0.1, 0.15) is 22.3 Å². The maximum Gasteiger partial charge on any atom is 0.244 e. The van der Waals surface area contributed by atoms with Crippen LogP contribution in [0.25, 0.3) is 0 Å². The Labute approximate surface area is 170 Å². The fraction of sp³-hybridized carbons (Fsp3) is 0.400. The van der Waals surface area contributed by atoms with Crippen molar-refractivity contribution in [2.24, 2.45) is 16.9 Å². The van der Waals surface area contributed by atoms with Crippen LogP contribution in [0.4, 0.5) is 10.2 Å². The summed E-state index contributed by atoms with van der Waals surface area (Å²) in [7, 11) is -3.60. The summed E-state index contributed by atoms with van der Waals surface area (Å²) in [6, 6.07) is 6.60. The van der Waals surface area contributed by atoms with E-state index >= 15 is 0 Å². The second-order valence-electron chi connectivity index (χ2n) is 7.62. The molecule has 3 rings (SSSR count). The number of phenols is 1. The van der Waals surface area contributed by atoms with Crippen LogP contribution in [-0.2, 0) is 10.0 Å². The minimum atomic E-state index is -3.60. The van der Waals surface area contributed by atoms with E-state index in [9.17, 15) is 17.9 Å². The van der Waals surface area contributed by atoms with Gasteiger partial charge >= 0.3 is 0 Å². The number of hydrogen-bond donors (Lipinski definition) is 2. The Morgan fingerprint density at radius 2 is 1.93 bits per heavy atom. The van der Waals surface area contributed by atoms with Crippen molar-refractivity contribution < 1.29 is 17.9 Å². The highest BCUT2D eigenvalue weighted by Crippen LogP contribution is 2.26. The topological polar surface area (TPSA) is 94.9 Å². The van der Waals surface area contributed by atoms with Crippen molar-refractivity contribution in [3.05, 3.63) is 47.9 Å². The van der Waals surface area contributed by atoms with Crippen LogP contribution in [0.5, 0.6) is 5.75 Å². The Morgan fingerprint density at radius 1 is 1.24 bits per heavy atom. The first kappa shape index (κ1) is 21.2. The molecule has 0 saturated carbocycles. The Kier molecular flexibility index (Phi) is 6.18. The first-order valence-corrected chi connectivity index (χ1v) is 10.9. The molecule has 0 spiro atoms. The lowest BCUT2D eigenvalue weighted by Crippen LogP contribution is -2.42. The van der Waals surface area contributed by atoms with Gasteiger partial charge in [0, 0.05) is 24.8 Å². The molecule has 9 heteroatoms. The largest absolute Gasteiger partial charge is 0.507 e. The SMILES string of the molecule is C/C(=N\Nc1ccc(S(=O)(=O)N2C[C@H](C)C[C@H](C)C2)cn1)c1cc(F)ccc1O. The molecule has 0 aliphatic carbocycles. The van der Waals surface area contributed by atoms with E-state index in [1.165, 1.54) is 34.8 Å². The Bertz CT molecular complexity index is 999. The summed E-state index contributed by atoms with van der Waals surface area (Å²) >= 11 is 0. The normalized spacial score (nSPS) is 21.2. The third-order valence-corrected chi connectivity index (χ3v) is 6.71. The number of anilines is 1. The van der Waals surface area contributed by atoms with Gasteiger partial charge in [-0.1, -0.05) is 13.8 Å². The van der Waals surface area contributed by atoms with E-state index in [1.807, 2.05) is 0 Å². The number of pyridine rings is 1. The van der Waals surface area contributed by atoms with Crippen molar-refractivity contribution in [3.63, 3.8) is 0 Å². The molecule has 0 amide bonds. The van der Waals surface area contributed by atoms with Gasteiger partial charge < -0.3 is 5.11 Å². The van der Waals surface area contributed by atoms with Crippen molar-refractivity contribution >= 4 is 21.6 Å². The number of aromatic hydroxyl groups is 1. The van der Waals surface area contributed by atoms with E-state index in [0.717, 1.165) is 12.5 Å². The van der Waals surface area contributed by atoms with Crippen molar-refractivity contribution in [1.82, 2.24) is 9.29 Å². The van der Waals surface area contributed by atoms with E-state index < -0.39 is 15.8 Å². The lowest BCUT2D eigenvalue weighted by Gasteiger charge is -2.33. The first-order valence-electron chi connectivity index (χ1n) is 9.42. The van der Waals surface area contributed by atoms with Crippen LogP contribution in [0.2, 0.25) is 0 Å². The van der Waals surface area contributed by atoms with Gasteiger partial charge in [0.05, 0.1) is 5.71 Å². The van der Waals surface area contributed by atoms with Gasteiger partial charge in [-0.3, -0.25) is 5.43 Å². The molecule has 29 heavy (non-hydrogen) atoms. The summed E-state index contributed by atoms with van der Waals surface area (Å²) in [4.78, 5) is 4.26. The van der Waals surface area contributed by atoms with E-state index in [1.54, 1.807) is 6.92 Å². The average Bonchev–Trinajstić information content (AvgIpc) is 2.67. The molecule has 2 aromatic rings. The fourth-order valence-electron chi connectivity index (χ4n) is 3.55. The molecule has 1 aromatic heterocycles. The van der Waals surface area contributed by atoms with Crippen LogP contribution in [0.15, 0.2) is 46.5 Å². The van der Waals surface area contributed by atoms with Gasteiger partial charge in [-0.05, 0) is 55.5 Å². The number of piperidine rings is 1. The Hall–Kier alpha value is -2.52. The van der Waals surface area contributed by atoms with Crippen LogP contribution in [0.3, 0.4) is 0 Å². The standard InChI is InChI=1S/C20H25FN4O3S/c1-13-8-14(2)12-25(11-13)29(27,28)17-5-7-20(22-10-17)24-23-15(3)18-9-16(21)4-6-19(18)26/h4-7,9-10,13-14,26H,8,11-12H2,1-3H3,(H,22,24)/b23-15+/t13-,14+. The van der Waals surface area contributed by atoms with Crippen molar-refractivity contribution in [1.29, 1.82) is 0 Å². The molecule has 0 radical (unpaired) electrons. The highest BCUT2D eigenvalue weighted by molar-refractivity contribution is 7.89. The number of rotatable bonds is 5. The van der Waals surface area contributed by atoms with E-state index in [-0.39, 0.29) is 16.2 Å². The summed E-state index contributed by atoms with van der Waals surface area (Å²) in [5.74, 6) is 0.396. The summed E-state index contributed by atoms with van der Waals surface area (Å²) in [5.41, 5.74) is 3.31. The molecule has 0 bridgehead atoms. The average molecular weight is 421 g/mol. The van der Waals surface area contributed by atoms with Gasteiger partial charge in [-0.2, -0.15) is 9.41 Å². The number of hydrazone groups is 1. The lowest BCUT2D eigenvalue weighted by molar-refractivity contribution is 0.222. The monoisotopic (exact) mass is 420 g/mol. The smallest absolute Gasteiger partial charge is 0.244 e. The first-order chi connectivity index (χ1) is 13.7. The van der Waals surface area contributed by atoms with Gasteiger partial charge in [0.2, 0.25) is 10.0 Å². The van der Waals surface area contributed by atoms with E-state index in [0.29, 0.717) is 36.5 Å². The number of sulfonamides is 1. The predicted molar refractivity (Wildman–Crippen MR) is 110 cm³/mol. The van der Waals surface area contributed by atoms with Crippen LogP contribution in [0, 0.1) is 17.7 Å². The molecule has 1 aliphatic heterocycles. The molecule has 2 atom stereocenters. The number of nitrogens with zero attached hydrogens (tertiary/aromatic N) is 3. The van der Waals surface area contributed by atoms with Gasteiger partial charge in [-0.25, -0.2) is 17.8 Å². The zero-order valence-corrected chi connectivity index (χ0v) is 17.4. The summed E-state index contributed by atoms with van der Waals surface area (Å²) in [5, 5.41) is 13.9.